The van der Waals surface area contributed by atoms with Gasteiger partial charge in [0.2, 0.25) is 0 Å². The van der Waals surface area contributed by atoms with Crippen molar-refractivity contribution in [2.75, 3.05) is 6.61 Å². The Morgan fingerprint density at radius 3 is 2.29 bits per heavy atom. The highest BCUT2D eigenvalue weighted by atomic mass is 16.7. The van der Waals surface area contributed by atoms with Crippen molar-refractivity contribution in [3.05, 3.63) is 11.6 Å². The number of allylic oxidation sites excluding steroid dienone is 2. The zero-order chi connectivity index (χ0) is 30.0. The molecule has 1 heterocycles. The summed E-state index contributed by atoms with van der Waals surface area (Å²) in [5, 5.41) is 10.6. The van der Waals surface area contributed by atoms with E-state index in [9.17, 15) is 9.90 Å². The van der Waals surface area contributed by atoms with Gasteiger partial charge in [-0.15, -0.1) is 0 Å². The third-order valence-corrected chi connectivity index (χ3v) is 14.8. The second-order valence-electron chi connectivity index (χ2n) is 16.4. The summed E-state index contributed by atoms with van der Waals surface area (Å²) in [5.74, 6) is 1.96. The van der Waals surface area contributed by atoms with Gasteiger partial charge in [-0.2, -0.15) is 0 Å². The molecule has 0 radical (unpaired) electrons. The fraction of sp³-hybridized carbons (Fsp3) is 0.919. The van der Waals surface area contributed by atoms with Crippen LogP contribution in [-0.2, 0) is 14.3 Å². The van der Waals surface area contributed by atoms with Crippen molar-refractivity contribution in [2.24, 2.45) is 56.7 Å². The molecule has 4 nitrogen and oxygen atoms in total. The largest absolute Gasteiger partial charge is 0.481 e. The minimum atomic E-state index is -0.555. The highest BCUT2D eigenvalue weighted by molar-refractivity contribution is 5.76. The van der Waals surface area contributed by atoms with E-state index in [1.807, 2.05) is 13.8 Å². The second kappa shape index (κ2) is 10.9. The molecule has 0 aromatic rings. The molecule has 5 aliphatic carbocycles. The quantitative estimate of drug-likeness (QED) is 0.271. The lowest BCUT2D eigenvalue weighted by Gasteiger charge is -2.71. The highest BCUT2D eigenvalue weighted by Crippen LogP contribution is 2.75. The number of carboxylic acids is 1. The summed E-state index contributed by atoms with van der Waals surface area (Å²) in [6.07, 6.45) is 16.0. The molecule has 1 N–H and O–H groups in total. The van der Waals surface area contributed by atoms with Gasteiger partial charge in [-0.05, 0) is 128 Å². The topological polar surface area (TPSA) is 55.8 Å². The number of hydrogen-bond acceptors (Lipinski definition) is 3. The van der Waals surface area contributed by atoms with Gasteiger partial charge >= 0.3 is 5.97 Å². The molecule has 6 aliphatic rings. The molecule has 11 atom stereocenters. The van der Waals surface area contributed by atoms with Gasteiger partial charge in [-0.3, -0.25) is 4.79 Å². The number of fused-ring (bicyclic) bond motifs is 7. The molecule has 9 unspecified atom stereocenters. The van der Waals surface area contributed by atoms with E-state index >= 15 is 0 Å². The molecule has 5 fully saturated rings. The first kappa shape index (κ1) is 31.6. The van der Waals surface area contributed by atoms with Gasteiger partial charge in [-0.1, -0.05) is 74.0 Å². The van der Waals surface area contributed by atoms with Gasteiger partial charge in [0.1, 0.15) is 0 Å². The Morgan fingerprint density at radius 2 is 1.63 bits per heavy atom. The summed E-state index contributed by atoms with van der Waals surface area (Å²) in [6, 6.07) is 0. The number of aliphatic carboxylic acids is 1. The Hall–Kier alpha value is -0.870. The molecule has 4 saturated carbocycles. The van der Waals surface area contributed by atoms with E-state index in [1.54, 1.807) is 5.57 Å². The third-order valence-electron chi connectivity index (χ3n) is 14.8. The van der Waals surface area contributed by atoms with Crippen LogP contribution in [0.15, 0.2) is 11.6 Å². The first-order valence-electron chi connectivity index (χ1n) is 17.5. The van der Waals surface area contributed by atoms with Gasteiger partial charge in [-0.25, -0.2) is 0 Å². The SMILES string of the molecule is CC.CC1C2C3=CCC4C5(C)CCC(OC6CCCCO6)C(C)(C)C5CCC4(C)[C@]3(C)CCC2(C(=O)O)CC[C@H]1C. The molecule has 1 aliphatic heterocycles. The fourth-order valence-corrected chi connectivity index (χ4v) is 12.1. The average Bonchev–Trinajstić information content (AvgIpc) is 2.94. The van der Waals surface area contributed by atoms with E-state index in [1.165, 1.54) is 25.7 Å². The van der Waals surface area contributed by atoms with Crippen molar-refractivity contribution in [1.29, 1.82) is 0 Å². The minimum Gasteiger partial charge on any atom is -0.481 e. The van der Waals surface area contributed by atoms with Gasteiger partial charge in [0.05, 0.1) is 11.5 Å². The summed E-state index contributed by atoms with van der Waals surface area (Å²) >= 11 is 0. The molecule has 0 bridgehead atoms. The maximum Gasteiger partial charge on any atom is 0.310 e. The first-order valence-corrected chi connectivity index (χ1v) is 17.5. The van der Waals surface area contributed by atoms with Crippen LogP contribution in [0, 0.1) is 56.7 Å². The summed E-state index contributed by atoms with van der Waals surface area (Å²) in [5.41, 5.74) is 1.69. The van der Waals surface area contributed by atoms with Crippen molar-refractivity contribution in [3.63, 3.8) is 0 Å². The van der Waals surface area contributed by atoms with Crippen LogP contribution < -0.4 is 0 Å². The molecule has 234 valence electrons. The van der Waals surface area contributed by atoms with Gasteiger partial charge < -0.3 is 14.6 Å². The van der Waals surface area contributed by atoms with Crippen molar-refractivity contribution in [3.8, 4) is 0 Å². The molecule has 0 spiro atoms. The average molecular weight is 571 g/mol. The Balaban J connectivity index is 0.00000165. The Morgan fingerprint density at radius 1 is 0.902 bits per heavy atom. The van der Waals surface area contributed by atoms with Crippen LogP contribution >= 0.6 is 0 Å². The highest BCUT2D eigenvalue weighted by Gasteiger charge is 2.69. The molecule has 0 aromatic carbocycles. The number of rotatable bonds is 3. The van der Waals surface area contributed by atoms with Gasteiger partial charge in [0, 0.05) is 6.61 Å². The number of ether oxygens (including phenoxy) is 2. The predicted octanol–water partition coefficient (Wildman–Crippen LogP) is 9.67. The van der Waals surface area contributed by atoms with E-state index in [0.717, 1.165) is 58.0 Å². The van der Waals surface area contributed by atoms with E-state index in [2.05, 4.69) is 54.5 Å². The van der Waals surface area contributed by atoms with E-state index in [0.29, 0.717) is 23.7 Å². The lowest BCUT2D eigenvalue weighted by atomic mass is 9.33. The van der Waals surface area contributed by atoms with Crippen LogP contribution in [-0.4, -0.2) is 30.1 Å². The van der Waals surface area contributed by atoms with Crippen LogP contribution in [0.2, 0.25) is 0 Å². The molecular formula is C37H62O4. The first-order chi connectivity index (χ1) is 19.3. The number of carbonyl (C=O) groups is 1. The van der Waals surface area contributed by atoms with Crippen molar-refractivity contribution >= 4 is 5.97 Å². The Bertz CT molecular complexity index is 1010. The molecule has 41 heavy (non-hydrogen) atoms. The van der Waals surface area contributed by atoms with Crippen LogP contribution in [0.1, 0.15) is 139 Å². The maximum atomic E-state index is 12.9. The fourth-order valence-electron chi connectivity index (χ4n) is 12.1. The maximum absolute atomic E-state index is 12.9. The molecule has 6 rings (SSSR count). The third kappa shape index (κ3) is 4.45. The van der Waals surface area contributed by atoms with Crippen molar-refractivity contribution in [2.45, 2.75) is 152 Å². The van der Waals surface area contributed by atoms with Crippen LogP contribution in [0.25, 0.3) is 0 Å². The summed E-state index contributed by atoms with van der Waals surface area (Å²) in [7, 11) is 0. The zero-order valence-corrected chi connectivity index (χ0v) is 28.0. The van der Waals surface area contributed by atoms with E-state index in [-0.39, 0.29) is 40.0 Å². The van der Waals surface area contributed by atoms with Crippen LogP contribution in [0.3, 0.4) is 0 Å². The van der Waals surface area contributed by atoms with Crippen LogP contribution in [0.4, 0.5) is 0 Å². The Kier molecular flexibility index (Phi) is 8.41. The molecular weight excluding hydrogens is 508 g/mol. The number of hydrogen-bond donors (Lipinski definition) is 1. The van der Waals surface area contributed by atoms with Crippen molar-refractivity contribution < 1.29 is 19.4 Å². The minimum absolute atomic E-state index is 0.0167. The lowest BCUT2D eigenvalue weighted by Crippen LogP contribution is -2.65. The second-order valence-corrected chi connectivity index (χ2v) is 16.4. The molecule has 1 saturated heterocycles. The Labute approximate surface area is 251 Å². The summed E-state index contributed by atoms with van der Waals surface area (Å²) in [4.78, 5) is 12.9. The normalized spacial score (nSPS) is 50.5. The summed E-state index contributed by atoms with van der Waals surface area (Å²) < 4.78 is 12.8. The van der Waals surface area contributed by atoms with Crippen LogP contribution in [0.5, 0.6) is 0 Å². The standard InChI is InChI=1S/C35H56O4.C2H6/c1-22-13-18-35(30(36)37)20-19-33(6)24(29(35)23(22)2)11-12-26-32(5)16-15-27(39-28-10-8-9-21-38-28)31(3,4)25(32)14-17-34(26,33)7;1-2/h11,22-23,25-29H,8-10,12-21H2,1-7H3,(H,36,37);1-2H3/t22-,23?,25?,26?,27?,28?,29?,32?,33-,34?,35?;/m1./s1. The smallest absolute Gasteiger partial charge is 0.310 e. The van der Waals surface area contributed by atoms with Crippen molar-refractivity contribution in [1.82, 2.24) is 0 Å². The summed E-state index contributed by atoms with van der Waals surface area (Å²) in [6.45, 7) is 22.4. The van der Waals surface area contributed by atoms with Gasteiger partial charge in [0.25, 0.3) is 0 Å². The van der Waals surface area contributed by atoms with E-state index in [4.69, 9.17) is 9.47 Å². The number of carboxylic acid groups (broad SMARTS) is 1. The lowest BCUT2D eigenvalue weighted by molar-refractivity contribution is -0.257. The predicted molar refractivity (Wildman–Crippen MR) is 166 cm³/mol. The van der Waals surface area contributed by atoms with E-state index < -0.39 is 11.4 Å². The van der Waals surface area contributed by atoms with Gasteiger partial charge in [0.15, 0.2) is 6.29 Å². The zero-order valence-electron chi connectivity index (χ0n) is 28.0. The molecule has 0 aromatic heterocycles. The molecule has 4 heteroatoms. The monoisotopic (exact) mass is 570 g/mol. The molecule has 0 amide bonds.